The molecule has 0 bridgehead atoms. The summed E-state index contributed by atoms with van der Waals surface area (Å²) in [7, 11) is 1.68. The van der Waals surface area contributed by atoms with E-state index in [1.54, 1.807) is 19.5 Å². The van der Waals surface area contributed by atoms with E-state index in [4.69, 9.17) is 4.74 Å². The van der Waals surface area contributed by atoms with Crippen molar-refractivity contribution in [2.24, 2.45) is 0 Å². The fourth-order valence-corrected chi connectivity index (χ4v) is 3.52. The lowest BCUT2D eigenvalue weighted by atomic mass is 9.85. The van der Waals surface area contributed by atoms with Crippen LogP contribution in [0.4, 0.5) is 5.95 Å². The molecule has 0 radical (unpaired) electrons. The van der Waals surface area contributed by atoms with E-state index >= 15 is 0 Å². The number of piperidine rings is 1. The van der Waals surface area contributed by atoms with Crippen molar-refractivity contribution in [1.82, 2.24) is 14.9 Å². The van der Waals surface area contributed by atoms with Crippen molar-refractivity contribution >= 4 is 11.9 Å². The summed E-state index contributed by atoms with van der Waals surface area (Å²) in [5, 5.41) is 0. The molecular weight excluding hydrogens is 268 g/mol. The lowest BCUT2D eigenvalue weighted by molar-refractivity contribution is -0.132. The minimum atomic E-state index is 0.0287. The molecule has 21 heavy (non-hydrogen) atoms. The van der Waals surface area contributed by atoms with E-state index in [0.29, 0.717) is 19.6 Å². The van der Waals surface area contributed by atoms with Gasteiger partial charge in [-0.1, -0.05) is 0 Å². The number of nitrogens with zero attached hydrogens (tertiary/aromatic N) is 4. The molecule has 0 atom stereocenters. The van der Waals surface area contributed by atoms with Crippen LogP contribution in [0.3, 0.4) is 0 Å². The largest absolute Gasteiger partial charge is 0.383 e. The molecule has 2 saturated heterocycles. The van der Waals surface area contributed by atoms with Gasteiger partial charge in [0.25, 0.3) is 0 Å². The standard InChI is InChI=1S/C15H22N4O2/c1-21-12-11-19-13(20)3-4-15(19)5-9-18(10-6-15)14-16-7-2-8-17-14/h2,7-8H,3-6,9-12H2,1H3. The van der Waals surface area contributed by atoms with Gasteiger partial charge in [-0.15, -0.1) is 0 Å². The van der Waals surface area contributed by atoms with Gasteiger partial charge in [0.1, 0.15) is 0 Å². The minimum Gasteiger partial charge on any atom is -0.383 e. The van der Waals surface area contributed by atoms with Crippen molar-refractivity contribution < 1.29 is 9.53 Å². The van der Waals surface area contributed by atoms with E-state index in [0.717, 1.165) is 38.3 Å². The summed E-state index contributed by atoms with van der Waals surface area (Å²) in [5.41, 5.74) is 0.0287. The van der Waals surface area contributed by atoms with Crippen LogP contribution >= 0.6 is 0 Å². The zero-order chi connectivity index (χ0) is 14.7. The normalized spacial score (nSPS) is 21.3. The third-order valence-electron chi connectivity index (χ3n) is 4.73. The summed E-state index contributed by atoms with van der Waals surface area (Å²) < 4.78 is 5.15. The lowest BCUT2D eigenvalue weighted by Gasteiger charge is -2.45. The van der Waals surface area contributed by atoms with Gasteiger partial charge in [-0.2, -0.15) is 0 Å². The van der Waals surface area contributed by atoms with Crippen molar-refractivity contribution in [3.63, 3.8) is 0 Å². The van der Waals surface area contributed by atoms with Crippen molar-refractivity contribution in [3.8, 4) is 0 Å². The molecule has 0 unspecified atom stereocenters. The summed E-state index contributed by atoms with van der Waals surface area (Å²) in [4.78, 5) is 25.0. The van der Waals surface area contributed by atoms with Gasteiger partial charge in [0.05, 0.1) is 6.61 Å². The first-order valence-corrected chi connectivity index (χ1v) is 7.57. The lowest BCUT2D eigenvalue weighted by Crippen LogP contribution is -2.54. The van der Waals surface area contributed by atoms with Crippen LogP contribution in [-0.2, 0) is 9.53 Å². The second kappa shape index (κ2) is 5.97. The molecule has 1 amide bonds. The highest BCUT2D eigenvalue weighted by molar-refractivity contribution is 5.79. The smallest absolute Gasteiger partial charge is 0.225 e. The zero-order valence-corrected chi connectivity index (χ0v) is 12.5. The van der Waals surface area contributed by atoms with Crippen molar-refractivity contribution in [2.45, 2.75) is 31.2 Å². The highest BCUT2D eigenvalue weighted by Gasteiger charge is 2.46. The molecule has 0 aliphatic carbocycles. The first-order chi connectivity index (χ1) is 10.2. The molecule has 2 aliphatic heterocycles. The molecule has 3 heterocycles. The SMILES string of the molecule is COCCN1C(=O)CCC12CCN(c1ncccn1)CC2. The van der Waals surface area contributed by atoms with Gasteiger partial charge in [0.2, 0.25) is 11.9 Å². The number of carbonyl (C=O) groups excluding carboxylic acids is 1. The maximum atomic E-state index is 12.1. The number of carbonyl (C=O) groups is 1. The number of amides is 1. The van der Waals surface area contributed by atoms with E-state index in [-0.39, 0.29) is 11.4 Å². The van der Waals surface area contributed by atoms with Gasteiger partial charge in [-0.3, -0.25) is 4.79 Å². The maximum absolute atomic E-state index is 12.1. The molecule has 6 heteroatoms. The average molecular weight is 290 g/mol. The molecule has 2 aliphatic rings. The molecule has 6 nitrogen and oxygen atoms in total. The minimum absolute atomic E-state index is 0.0287. The van der Waals surface area contributed by atoms with Crippen LogP contribution < -0.4 is 4.90 Å². The third-order valence-corrected chi connectivity index (χ3v) is 4.73. The monoisotopic (exact) mass is 290 g/mol. The first-order valence-electron chi connectivity index (χ1n) is 7.57. The van der Waals surface area contributed by atoms with Gasteiger partial charge in [0.15, 0.2) is 0 Å². The maximum Gasteiger partial charge on any atom is 0.225 e. The number of aromatic nitrogens is 2. The molecule has 2 fully saturated rings. The fourth-order valence-electron chi connectivity index (χ4n) is 3.52. The van der Waals surface area contributed by atoms with E-state index in [9.17, 15) is 4.79 Å². The molecule has 0 aromatic carbocycles. The summed E-state index contributed by atoms with van der Waals surface area (Å²) in [6.45, 7) is 3.12. The Morgan fingerprint density at radius 1 is 1.24 bits per heavy atom. The molecule has 0 saturated carbocycles. The quantitative estimate of drug-likeness (QED) is 0.830. The second-order valence-corrected chi connectivity index (χ2v) is 5.80. The van der Waals surface area contributed by atoms with Crippen LogP contribution in [0, 0.1) is 0 Å². The Balaban J connectivity index is 1.67. The molecule has 0 N–H and O–H groups in total. The molecular formula is C15H22N4O2. The Labute approximate surface area is 125 Å². The van der Waals surface area contributed by atoms with E-state index in [2.05, 4.69) is 19.8 Å². The first kappa shape index (κ1) is 14.3. The van der Waals surface area contributed by atoms with Crippen LogP contribution in [-0.4, -0.2) is 59.7 Å². The summed E-state index contributed by atoms with van der Waals surface area (Å²) in [6.07, 6.45) is 7.17. The predicted molar refractivity (Wildman–Crippen MR) is 79.0 cm³/mol. The van der Waals surface area contributed by atoms with Crippen LogP contribution in [0.25, 0.3) is 0 Å². The average Bonchev–Trinajstić information content (AvgIpc) is 2.83. The highest BCUT2D eigenvalue weighted by atomic mass is 16.5. The van der Waals surface area contributed by atoms with Gasteiger partial charge in [-0.25, -0.2) is 9.97 Å². The molecule has 3 rings (SSSR count). The number of anilines is 1. The number of hydrogen-bond acceptors (Lipinski definition) is 5. The van der Waals surface area contributed by atoms with Gasteiger partial charge in [0, 0.05) is 51.1 Å². The zero-order valence-electron chi connectivity index (χ0n) is 12.5. The highest BCUT2D eigenvalue weighted by Crippen LogP contribution is 2.39. The van der Waals surface area contributed by atoms with Gasteiger partial charge < -0.3 is 14.5 Å². The molecule has 1 aromatic heterocycles. The Morgan fingerprint density at radius 2 is 1.95 bits per heavy atom. The topological polar surface area (TPSA) is 58.6 Å². The number of likely N-dealkylation sites (tertiary alicyclic amines) is 1. The number of rotatable bonds is 4. The van der Waals surface area contributed by atoms with Crippen molar-refractivity contribution in [2.75, 3.05) is 38.3 Å². The van der Waals surface area contributed by atoms with Crippen LogP contribution in [0.1, 0.15) is 25.7 Å². The van der Waals surface area contributed by atoms with Crippen LogP contribution in [0.5, 0.6) is 0 Å². The van der Waals surface area contributed by atoms with Crippen LogP contribution in [0.2, 0.25) is 0 Å². The van der Waals surface area contributed by atoms with Gasteiger partial charge in [-0.05, 0) is 25.3 Å². The van der Waals surface area contributed by atoms with Crippen molar-refractivity contribution in [1.29, 1.82) is 0 Å². The number of hydrogen-bond donors (Lipinski definition) is 0. The van der Waals surface area contributed by atoms with E-state index in [1.807, 2.05) is 6.07 Å². The Bertz CT molecular complexity index is 486. The van der Waals surface area contributed by atoms with Crippen LogP contribution in [0.15, 0.2) is 18.5 Å². The number of methoxy groups -OCH3 is 1. The predicted octanol–water partition coefficient (Wildman–Crippen LogP) is 1.08. The summed E-state index contributed by atoms with van der Waals surface area (Å²) >= 11 is 0. The molecule has 114 valence electrons. The Morgan fingerprint density at radius 3 is 2.62 bits per heavy atom. The van der Waals surface area contributed by atoms with Gasteiger partial charge >= 0.3 is 0 Å². The molecule has 1 aromatic rings. The van der Waals surface area contributed by atoms with E-state index in [1.165, 1.54) is 0 Å². The summed E-state index contributed by atoms with van der Waals surface area (Å²) in [5.74, 6) is 1.07. The van der Waals surface area contributed by atoms with Crippen molar-refractivity contribution in [3.05, 3.63) is 18.5 Å². The number of ether oxygens (including phenoxy) is 1. The third kappa shape index (κ3) is 2.72. The second-order valence-electron chi connectivity index (χ2n) is 5.80. The Hall–Kier alpha value is -1.69. The fraction of sp³-hybridized carbons (Fsp3) is 0.667. The molecule has 1 spiro atoms. The summed E-state index contributed by atoms with van der Waals surface area (Å²) in [6, 6.07) is 1.83. The Kier molecular flexibility index (Phi) is 4.05. The van der Waals surface area contributed by atoms with E-state index < -0.39 is 0 Å².